The van der Waals surface area contributed by atoms with E-state index in [-0.39, 0.29) is 28.9 Å². The zero-order valence-electron chi connectivity index (χ0n) is 21.4. The highest BCUT2D eigenvalue weighted by atomic mass is 35.5. The second-order valence-corrected chi connectivity index (χ2v) is 12.7. The normalized spacial score (nSPS) is 23.6. The van der Waals surface area contributed by atoms with E-state index in [4.69, 9.17) is 39.9 Å². The van der Waals surface area contributed by atoms with E-state index in [1.165, 1.54) is 17.8 Å². The summed E-state index contributed by atoms with van der Waals surface area (Å²) in [6.07, 6.45) is 1.59. The van der Waals surface area contributed by atoms with Crippen LogP contribution in [0.2, 0.25) is 5.15 Å². The maximum Gasteiger partial charge on any atom is 0.303 e. The first kappa shape index (κ1) is 30.4. The molecule has 2 aromatic rings. The molecule has 15 nitrogen and oxygen atoms in total. The Bertz CT molecular complexity index is 1360. The van der Waals surface area contributed by atoms with Gasteiger partial charge in [-0.25, -0.2) is 4.98 Å². The van der Waals surface area contributed by atoms with Crippen molar-refractivity contribution in [2.45, 2.75) is 57.1 Å². The van der Waals surface area contributed by atoms with E-state index in [1.807, 2.05) is 6.92 Å². The van der Waals surface area contributed by atoms with Gasteiger partial charge in [-0.2, -0.15) is 26.8 Å². The number of imidazole rings is 1. The molecule has 18 heteroatoms. The van der Waals surface area contributed by atoms with Gasteiger partial charge >= 0.3 is 5.97 Å². The number of aromatic nitrogens is 4. The Morgan fingerprint density at radius 1 is 1.18 bits per heavy atom. The Hall–Kier alpha value is -2.15. The summed E-state index contributed by atoms with van der Waals surface area (Å²) >= 11 is 6.18. The van der Waals surface area contributed by atoms with Gasteiger partial charge in [0, 0.05) is 13.5 Å². The van der Waals surface area contributed by atoms with Crippen LogP contribution in [0.3, 0.4) is 0 Å². The van der Waals surface area contributed by atoms with E-state index in [9.17, 15) is 21.6 Å². The van der Waals surface area contributed by atoms with E-state index in [1.54, 1.807) is 0 Å². The molecule has 0 aliphatic carbocycles. The molecule has 38 heavy (non-hydrogen) atoms. The van der Waals surface area contributed by atoms with Gasteiger partial charge in [0.25, 0.3) is 20.2 Å². The van der Waals surface area contributed by atoms with Crippen LogP contribution in [0.15, 0.2) is 6.33 Å². The topological polar surface area (TPSA) is 201 Å². The van der Waals surface area contributed by atoms with Crippen molar-refractivity contribution in [3.63, 3.8) is 0 Å². The van der Waals surface area contributed by atoms with Crippen molar-refractivity contribution in [1.82, 2.24) is 19.5 Å². The predicted molar refractivity (Wildman–Crippen MR) is 134 cm³/mol. The van der Waals surface area contributed by atoms with Crippen LogP contribution in [0.1, 0.15) is 39.8 Å². The minimum Gasteiger partial charge on any atom is -0.452 e. The highest BCUT2D eigenvalue weighted by Crippen LogP contribution is 2.50. The summed E-state index contributed by atoms with van der Waals surface area (Å²) < 4.78 is 77.6. The van der Waals surface area contributed by atoms with Crippen molar-refractivity contribution >= 4 is 54.9 Å². The van der Waals surface area contributed by atoms with E-state index in [0.717, 1.165) is 25.9 Å². The molecule has 2 N–H and O–H groups in total. The Morgan fingerprint density at radius 3 is 2.32 bits per heavy atom. The number of nitrogens with zero attached hydrogens (tertiary/aromatic N) is 4. The predicted octanol–water partition coefficient (Wildman–Crippen LogP) is 0.789. The van der Waals surface area contributed by atoms with Crippen LogP contribution in [0, 0.1) is 0 Å². The van der Waals surface area contributed by atoms with Crippen LogP contribution in [0.25, 0.3) is 11.2 Å². The second kappa shape index (κ2) is 11.1. The summed E-state index contributed by atoms with van der Waals surface area (Å²) in [6.45, 7) is 3.21. The van der Waals surface area contributed by atoms with Crippen LogP contribution < -0.4 is 5.73 Å². The number of fused-ring (bicyclic) bond motifs is 1. The summed E-state index contributed by atoms with van der Waals surface area (Å²) in [4.78, 5) is 24.6. The Balaban J connectivity index is 2.26. The smallest absolute Gasteiger partial charge is 0.303 e. The molecule has 0 amide bonds. The molecule has 1 aliphatic rings. The number of nitrogen functional groups attached to an aromatic ring is 1. The molecule has 1 saturated heterocycles. The number of hydrogen-bond donors (Lipinski definition) is 1. The van der Waals surface area contributed by atoms with Crippen molar-refractivity contribution in [3.8, 4) is 0 Å². The van der Waals surface area contributed by atoms with E-state index in [0.29, 0.717) is 6.42 Å². The summed E-state index contributed by atoms with van der Waals surface area (Å²) in [7, 11) is -8.10. The van der Waals surface area contributed by atoms with Gasteiger partial charge in [0.1, 0.15) is 24.8 Å². The van der Waals surface area contributed by atoms with Crippen LogP contribution in [-0.2, 0) is 47.6 Å². The van der Waals surface area contributed by atoms with Crippen molar-refractivity contribution in [2.24, 2.45) is 0 Å². The van der Waals surface area contributed by atoms with Crippen molar-refractivity contribution in [2.75, 3.05) is 38.1 Å². The number of anilines is 1. The monoisotopic (exact) mass is 599 g/mol. The zero-order chi connectivity index (χ0) is 28.5. The molecular weight excluding hydrogens is 570 g/mol. The van der Waals surface area contributed by atoms with Crippen LogP contribution in [-0.4, -0.2) is 92.0 Å². The van der Waals surface area contributed by atoms with Gasteiger partial charge in [0.2, 0.25) is 5.95 Å². The van der Waals surface area contributed by atoms with Gasteiger partial charge in [-0.1, -0.05) is 24.9 Å². The lowest BCUT2D eigenvalue weighted by atomic mass is 9.87. The molecule has 214 valence electrons. The number of hydrogen-bond acceptors (Lipinski definition) is 14. The van der Waals surface area contributed by atoms with E-state index in [2.05, 4.69) is 15.0 Å². The zero-order valence-corrected chi connectivity index (χ0v) is 23.8. The Kier molecular flexibility index (Phi) is 8.92. The van der Waals surface area contributed by atoms with Crippen LogP contribution in [0.4, 0.5) is 5.95 Å². The first-order chi connectivity index (χ1) is 17.5. The number of rotatable bonds is 12. The Morgan fingerprint density at radius 2 is 1.79 bits per heavy atom. The largest absolute Gasteiger partial charge is 0.452 e. The molecule has 0 saturated carbocycles. The van der Waals surface area contributed by atoms with Crippen LogP contribution in [0.5, 0.6) is 0 Å². The average molecular weight is 600 g/mol. The molecule has 3 rings (SSSR count). The third-order valence-corrected chi connectivity index (χ3v) is 7.02. The number of unbranched alkanes of at least 4 members (excludes halogenated alkanes) is 1. The maximum absolute atomic E-state index is 12.3. The van der Waals surface area contributed by atoms with E-state index < -0.39 is 63.0 Å². The molecule has 3 atom stereocenters. The number of halogens is 1. The highest BCUT2D eigenvalue weighted by molar-refractivity contribution is 7.86. The van der Waals surface area contributed by atoms with Gasteiger partial charge < -0.3 is 19.9 Å². The fourth-order valence-corrected chi connectivity index (χ4v) is 5.25. The molecular formula is C20H30ClN5O10S2. The summed E-state index contributed by atoms with van der Waals surface area (Å²) in [5.74, 6) is -0.912. The molecule has 1 unspecified atom stereocenters. The minimum absolute atomic E-state index is 0.0544. The highest BCUT2D eigenvalue weighted by Gasteiger charge is 2.67. The molecule has 2 aromatic heterocycles. The number of carbonyl (C=O) groups excluding carboxylic acids is 1. The first-order valence-electron chi connectivity index (χ1n) is 11.3. The fourth-order valence-electron chi connectivity index (χ4n) is 4.21. The lowest BCUT2D eigenvalue weighted by molar-refractivity contribution is -0.180. The number of carbonyl (C=O) groups is 1. The third kappa shape index (κ3) is 6.70. The maximum atomic E-state index is 12.3. The van der Waals surface area contributed by atoms with Crippen molar-refractivity contribution < 1.29 is 44.2 Å². The minimum atomic E-state index is -4.05. The molecule has 0 aromatic carbocycles. The Labute approximate surface area is 225 Å². The van der Waals surface area contributed by atoms with Crippen molar-refractivity contribution in [3.05, 3.63) is 11.5 Å². The summed E-state index contributed by atoms with van der Waals surface area (Å²) in [5, 5.41) is -0.0544. The van der Waals surface area contributed by atoms with Gasteiger partial charge in [-0.3, -0.25) is 17.7 Å². The lowest BCUT2D eigenvalue weighted by Crippen LogP contribution is -2.57. The van der Waals surface area contributed by atoms with E-state index >= 15 is 0 Å². The second-order valence-electron chi connectivity index (χ2n) is 9.05. The quantitative estimate of drug-likeness (QED) is 0.155. The summed E-state index contributed by atoms with van der Waals surface area (Å²) in [5.41, 5.74) is 2.38. The molecule has 0 spiro atoms. The van der Waals surface area contributed by atoms with Crippen molar-refractivity contribution in [1.29, 1.82) is 0 Å². The average Bonchev–Trinajstić information content (AvgIpc) is 3.28. The summed E-state index contributed by atoms with van der Waals surface area (Å²) in [6, 6.07) is 0. The lowest BCUT2D eigenvalue weighted by Gasteiger charge is -2.37. The van der Waals surface area contributed by atoms with Gasteiger partial charge in [-0.05, 0) is 13.3 Å². The third-order valence-electron chi connectivity index (χ3n) is 5.66. The first-order valence-corrected chi connectivity index (χ1v) is 15.4. The molecule has 1 aliphatic heterocycles. The molecule has 1 fully saturated rings. The standard InChI is InChI=1S/C20H30ClN5O10S2/c1-6-7-8-32-16-19(3,35-12(2)27)17(26-11-23-13-14(21)24-18(22)25-15(13)26)36-20(16,9-33-37(4,28)29)10-34-38(5,30)31/h11,16-17H,6-10H2,1-5H3,(H2,22,24,25)/t16-,17+,19?/m0/s1. The fraction of sp³-hybridized carbons (Fsp3) is 0.700. The van der Waals surface area contributed by atoms with Gasteiger partial charge in [0.05, 0.1) is 18.8 Å². The molecule has 3 heterocycles. The number of nitrogens with two attached hydrogens (primary N) is 1. The van der Waals surface area contributed by atoms with Gasteiger partial charge in [-0.15, -0.1) is 0 Å². The van der Waals surface area contributed by atoms with Crippen LogP contribution >= 0.6 is 11.6 Å². The number of ether oxygens (including phenoxy) is 3. The van der Waals surface area contributed by atoms with Gasteiger partial charge in [0.15, 0.2) is 28.2 Å². The molecule has 0 radical (unpaired) electrons. The number of esters is 1. The SMILES string of the molecule is CCCCO[C@@H]1C(COS(C)(=O)=O)(COS(C)(=O)=O)O[C@@H](n2cnc3c(Cl)nc(N)nc32)C1(C)OC(C)=O. The molecule has 0 bridgehead atoms.